The summed E-state index contributed by atoms with van der Waals surface area (Å²) in [5.41, 5.74) is 1.20. The first-order chi connectivity index (χ1) is 16.8. The van der Waals surface area contributed by atoms with Crippen LogP contribution in [0.1, 0.15) is 31.0 Å². The van der Waals surface area contributed by atoms with Crippen molar-refractivity contribution in [1.82, 2.24) is 4.57 Å². The number of benzene rings is 2. The van der Waals surface area contributed by atoms with Crippen LogP contribution in [0.15, 0.2) is 51.4 Å². The minimum atomic E-state index is -0.807. The first-order valence-electron chi connectivity index (χ1n) is 10.6. The van der Waals surface area contributed by atoms with E-state index in [9.17, 15) is 14.7 Å². The Morgan fingerprint density at radius 3 is 2.83 bits per heavy atom. The van der Waals surface area contributed by atoms with Gasteiger partial charge in [-0.1, -0.05) is 40.6 Å². The van der Waals surface area contributed by atoms with Crippen LogP contribution in [-0.2, 0) is 9.53 Å². The fourth-order valence-electron chi connectivity index (χ4n) is 4.03. The molecule has 0 radical (unpaired) electrons. The molecule has 2 aliphatic rings. The first kappa shape index (κ1) is 23.5. The number of allylic oxidation sites excluding steroid dienone is 1. The molecule has 180 valence electrons. The maximum atomic E-state index is 13.7. The third kappa shape index (κ3) is 4.09. The van der Waals surface area contributed by atoms with E-state index < -0.39 is 17.6 Å². The van der Waals surface area contributed by atoms with E-state index in [2.05, 4.69) is 4.99 Å². The molecule has 35 heavy (non-hydrogen) atoms. The number of hydrogen-bond donors (Lipinski definition) is 1. The van der Waals surface area contributed by atoms with Crippen LogP contribution >= 0.6 is 34.5 Å². The number of esters is 1. The molecule has 2 aromatic carbocycles. The molecule has 1 atom stereocenters. The number of phenolic OH excluding ortho intramolecular Hbond substituents is 1. The monoisotopic (exact) mass is 532 g/mol. The van der Waals surface area contributed by atoms with E-state index in [1.807, 2.05) is 0 Å². The van der Waals surface area contributed by atoms with E-state index in [1.165, 1.54) is 22.8 Å². The van der Waals surface area contributed by atoms with Crippen molar-refractivity contribution in [3.05, 3.63) is 82.5 Å². The van der Waals surface area contributed by atoms with Crippen molar-refractivity contribution in [3.8, 4) is 17.2 Å². The number of nitrogens with zero attached hydrogens (tertiary/aromatic N) is 2. The number of phenols is 1. The van der Waals surface area contributed by atoms with Crippen LogP contribution < -0.4 is 24.4 Å². The van der Waals surface area contributed by atoms with Gasteiger partial charge in [0.15, 0.2) is 16.3 Å². The van der Waals surface area contributed by atoms with Crippen LogP contribution in [-0.4, -0.2) is 29.0 Å². The molecule has 8 nitrogen and oxygen atoms in total. The van der Waals surface area contributed by atoms with Gasteiger partial charge in [0.1, 0.15) is 5.75 Å². The average Bonchev–Trinajstić information content (AvgIpc) is 3.40. The molecule has 2 aliphatic heterocycles. The molecule has 1 aromatic heterocycles. The van der Waals surface area contributed by atoms with Gasteiger partial charge >= 0.3 is 5.97 Å². The molecule has 11 heteroatoms. The second kappa shape index (κ2) is 9.07. The van der Waals surface area contributed by atoms with Gasteiger partial charge in [0.2, 0.25) is 6.79 Å². The van der Waals surface area contributed by atoms with E-state index in [-0.39, 0.29) is 39.8 Å². The topological polar surface area (TPSA) is 99.4 Å². The third-order valence-corrected chi connectivity index (χ3v) is 7.06. The van der Waals surface area contributed by atoms with Crippen LogP contribution in [0.5, 0.6) is 17.2 Å². The maximum Gasteiger partial charge on any atom is 0.338 e. The number of aromatic nitrogens is 1. The molecule has 1 N–H and O–H groups in total. The van der Waals surface area contributed by atoms with Gasteiger partial charge in [0.25, 0.3) is 5.56 Å². The number of hydrogen-bond acceptors (Lipinski definition) is 8. The fourth-order valence-corrected chi connectivity index (χ4v) is 5.57. The highest BCUT2D eigenvalue weighted by molar-refractivity contribution is 7.07. The van der Waals surface area contributed by atoms with Gasteiger partial charge in [-0.05, 0) is 49.8 Å². The molecule has 0 fully saturated rings. The fraction of sp³-hybridized carbons (Fsp3) is 0.208. The Hall–Kier alpha value is -3.27. The summed E-state index contributed by atoms with van der Waals surface area (Å²) in [6.45, 7) is 3.67. The van der Waals surface area contributed by atoms with Gasteiger partial charge in [-0.2, -0.15) is 0 Å². The van der Waals surface area contributed by atoms with Crippen LogP contribution in [0.3, 0.4) is 0 Å². The maximum absolute atomic E-state index is 13.7. The molecular formula is C24H18Cl2N2O6S. The van der Waals surface area contributed by atoms with Crippen molar-refractivity contribution in [2.45, 2.75) is 19.9 Å². The van der Waals surface area contributed by atoms with Gasteiger partial charge < -0.3 is 19.3 Å². The van der Waals surface area contributed by atoms with Crippen molar-refractivity contribution in [3.63, 3.8) is 0 Å². The smallest absolute Gasteiger partial charge is 0.338 e. The number of halogens is 2. The highest BCUT2D eigenvalue weighted by atomic mass is 35.5. The molecule has 0 unspecified atom stereocenters. The summed E-state index contributed by atoms with van der Waals surface area (Å²) in [4.78, 5) is 31.6. The van der Waals surface area contributed by atoms with Gasteiger partial charge in [-0.15, -0.1) is 0 Å². The molecule has 0 saturated heterocycles. The molecule has 0 saturated carbocycles. The van der Waals surface area contributed by atoms with E-state index in [0.717, 1.165) is 11.3 Å². The molecule has 0 amide bonds. The summed E-state index contributed by atoms with van der Waals surface area (Å²) in [7, 11) is 0. The molecule has 3 heterocycles. The summed E-state index contributed by atoms with van der Waals surface area (Å²) >= 11 is 13.3. The zero-order chi connectivity index (χ0) is 24.9. The Morgan fingerprint density at radius 2 is 2.06 bits per heavy atom. The van der Waals surface area contributed by atoms with Gasteiger partial charge in [-0.25, -0.2) is 9.79 Å². The standard InChI is InChI=1S/C24H18Cl2N2O6S/c1-3-32-23(31)19-11(2)27-24-28(20(19)12-4-5-16-17(7-12)34-10-33-16)22(30)18(35-24)8-13-6-14(25)9-15(26)21(13)29/h4-9,20,29H,3,10H2,1-2H3/b18-8-/t20-/m1/s1. The Morgan fingerprint density at radius 1 is 1.29 bits per heavy atom. The van der Waals surface area contributed by atoms with E-state index in [4.69, 9.17) is 37.4 Å². The molecular weight excluding hydrogens is 515 g/mol. The second-order valence-electron chi connectivity index (χ2n) is 7.74. The van der Waals surface area contributed by atoms with Gasteiger partial charge in [-0.3, -0.25) is 9.36 Å². The Labute approximate surface area is 212 Å². The third-order valence-electron chi connectivity index (χ3n) is 5.57. The predicted octanol–water partition coefficient (Wildman–Crippen LogP) is 3.54. The highest BCUT2D eigenvalue weighted by Crippen LogP contribution is 2.38. The van der Waals surface area contributed by atoms with Crippen LogP contribution in [0.4, 0.5) is 0 Å². The molecule has 0 aliphatic carbocycles. The Kier molecular flexibility index (Phi) is 6.08. The van der Waals surface area contributed by atoms with Crippen LogP contribution in [0.25, 0.3) is 6.08 Å². The number of ether oxygens (including phenoxy) is 3. The highest BCUT2D eigenvalue weighted by Gasteiger charge is 2.34. The number of carbonyl (C=O) groups is 1. The number of carbonyl (C=O) groups excluding carboxylic acids is 1. The van der Waals surface area contributed by atoms with Gasteiger partial charge in [0, 0.05) is 10.6 Å². The zero-order valence-corrected chi connectivity index (χ0v) is 20.8. The molecule has 3 aromatic rings. The molecule has 5 rings (SSSR count). The summed E-state index contributed by atoms with van der Waals surface area (Å²) < 4.78 is 17.9. The Bertz CT molecular complexity index is 1590. The predicted molar refractivity (Wildman–Crippen MR) is 131 cm³/mol. The molecule has 0 spiro atoms. The first-order valence-corrected chi connectivity index (χ1v) is 12.1. The summed E-state index contributed by atoms with van der Waals surface area (Å²) in [5, 5.41) is 10.7. The summed E-state index contributed by atoms with van der Waals surface area (Å²) in [6, 6.07) is 7.36. The lowest BCUT2D eigenvalue weighted by Crippen LogP contribution is -2.39. The number of rotatable bonds is 4. The van der Waals surface area contributed by atoms with E-state index >= 15 is 0 Å². The lowest BCUT2D eigenvalue weighted by molar-refractivity contribution is -0.139. The SMILES string of the molecule is CCOC(=O)C1=C(C)N=c2s/c(=C\c3cc(Cl)cc(Cl)c3O)c(=O)n2[C@@H]1c1ccc2c(c1)OCO2. The quantitative estimate of drug-likeness (QED) is 0.516. The van der Waals surface area contributed by atoms with E-state index in [1.54, 1.807) is 32.0 Å². The van der Waals surface area contributed by atoms with Crippen molar-refractivity contribution in [1.29, 1.82) is 0 Å². The summed E-state index contributed by atoms with van der Waals surface area (Å²) in [6.07, 6.45) is 1.50. The van der Waals surface area contributed by atoms with Crippen molar-refractivity contribution < 1.29 is 24.1 Å². The minimum Gasteiger partial charge on any atom is -0.506 e. The van der Waals surface area contributed by atoms with Crippen LogP contribution in [0.2, 0.25) is 10.0 Å². The normalized spacial score (nSPS) is 16.8. The largest absolute Gasteiger partial charge is 0.506 e. The number of aromatic hydroxyl groups is 1. The average molecular weight is 533 g/mol. The number of thiazole rings is 1. The summed E-state index contributed by atoms with van der Waals surface area (Å²) in [5.74, 6) is 0.330. The lowest BCUT2D eigenvalue weighted by atomic mass is 9.95. The van der Waals surface area contributed by atoms with Gasteiger partial charge in [0.05, 0.1) is 33.5 Å². The van der Waals surface area contributed by atoms with Crippen LogP contribution in [0, 0.1) is 0 Å². The van der Waals surface area contributed by atoms with Crippen molar-refractivity contribution in [2.24, 2.45) is 4.99 Å². The Balaban J connectivity index is 1.75. The second-order valence-corrected chi connectivity index (χ2v) is 9.59. The van der Waals surface area contributed by atoms with Crippen molar-refractivity contribution >= 4 is 46.6 Å². The van der Waals surface area contributed by atoms with Crippen molar-refractivity contribution in [2.75, 3.05) is 13.4 Å². The minimum absolute atomic E-state index is 0.0650. The van der Waals surface area contributed by atoms with E-state index in [0.29, 0.717) is 32.6 Å². The zero-order valence-electron chi connectivity index (χ0n) is 18.5. The number of fused-ring (bicyclic) bond motifs is 2. The molecule has 0 bridgehead atoms. The lowest BCUT2D eigenvalue weighted by Gasteiger charge is -2.24.